The minimum absolute atomic E-state index is 0. The molecular formula is C24H25FN3NaO5. The quantitative estimate of drug-likeness (QED) is 0.402. The summed E-state index contributed by atoms with van der Waals surface area (Å²) in [6, 6.07) is 8.10. The summed E-state index contributed by atoms with van der Waals surface area (Å²) in [4.78, 5) is 49.9. The second kappa shape index (κ2) is 11.4. The van der Waals surface area contributed by atoms with Crippen LogP contribution in [0, 0.1) is 12.7 Å². The van der Waals surface area contributed by atoms with Gasteiger partial charge in [-0.15, -0.1) is 0 Å². The molecule has 0 radical (unpaired) electrons. The zero-order chi connectivity index (χ0) is 24.3. The minimum atomic E-state index is -1.45. The number of nitrogens with one attached hydrogen (secondary N) is 2. The van der Waals surface area contributed by atoms with Crippen molar-refractivity contribution in [2.75, 3.05) is 7.05 Å². The monoisotopic (exact) mass is 477 g/mol. The first-order valence-electron chi connectivity index (χ1n) is 10.2. The molecule has 1 heterocycles. The van der Waals surface area contributed by atoms with Gasteiger partial charge in [-0.2, -0.15) is 0 Å². The predicted octanol–water partition coefficient (Wildman–Crippen LogP) is 0.0461. The van der Waals surface area contributed by atoms with Gasteiger partial charge in [-0.3, -0.25) is 14.4 Å². The van der Waals surface area contributed by atoms with Crippen molar-refractivity contribution in [3.63, 3.8) is 0 Å². The number of hydrogen-bond acceptors (Lipinski definition) is 4. The Morgan fingerprint density at radius 3 is 2.47 bits per heavy atom. The molecule has 0 saturated heterocycles. The van der Waals surface area contributed by atoms with Crippen molar-refractivity contribution >= 4 is 23.7 Å². The Hall–Kier alpha value is -3.01. The number of carbonyl (C=O) groups excluding carboxylic acids is 3. The molecule has 3 rings (SSSR count). The van der Waals surface area contributed by atoms with Gasteiger partial charge in [0.05, 0.1) is 12.5 Å². The summed E-state index contributed by atoms with van der Waals surface area (Å²) in [5.41, 5.74) is 2.70. The van der Waals surface area contributed by atoms with Gasteiger partial charge in [-0.25, -0.2) is 9.18 Å². The van der Waals surface area contributed by atoms with Crippen LogP contribution in [-0.4, -0.2) is 46.8 Å². The van der Waals surface area contributed by atoms with E-state index in [1.165, 1.54) is 37.2 Å². The van der Waals surface area contributed by atoms with E-state index >= 15 is 0 Å². The van der Waals surface area contributed by atoms with Crippen molar-refractivity contribution in [3.8, 4) is 11.1 Å². The topological polar surface area (TPSA) is 116 Å². The molecule has 8 nitrogen and oxygen atoms in total. The number of likely N-dealkylation sites (N-methyl/N-ethyl adjacent to an activating group) is 1. The molecule has 2 atom stereocenters. The van der Waals surface area contributed by atoms with E-state index in [9.17, 15) is 28.7 Å². The number of aliphatic carboxylic acids is 1. The molecule has 0 bridgehead atoms. The van der Waals surface area contributed by atoms with Crippen molar-refractivity contribution in [1.82, 2.24) is 15.5 Å². The fourth-order valence-corrected chi connectivity index (χ4v) is 3.65. The van der Waals surface area contributed by atoms with Crippen molar-refractivity contribution in [2.24, 2.45) is 0 Å². The number of Topliss-reactive ketones (excluding diaryl/α,β-unsaturated/α-hetero) is 1. The number of hydrogen-bond donors (Lipinski definition) is 3. The Balaban J connectivity index is 0.00000306. The zero-order valence-electron chi connectivity index (χ0n) is 20.4. The van der Waals surface area contributed by atoms with Crippen LogP contribution in [0.4, 0.5) is 9.18 Å². The van der Waals surface area contributed by atoms with E-state index in [0.717, 1.165) is 11.1 Å². The number of urea groups is 1. The molecule has 2 unspecified atom stereocenters. The van der Waals surface area contributed by atoms with Gasteiger partial charge in [0, 0.05) is 24.4 Å². The molecule has 0 aliphatic carbocycles. The van der Waals surface area contributed by atoms with Gasteiger partial charge in [0.25, 0.3) is 5.91 Å². The summed E-state index contributed by atoms with van der Waals surface area (Å²) in [6.45, 7) is 3.42. The van der Waals surface area contributed by atoms with Crippen LogP contribution in [0.25, 0.3) is 11.1 Å². The molecule has 2 aromatic rings. The average molecular weight is 477 g/mol. The van der Waals surface area contributed by atoms with E-state index < -0.39 is 48.0 Å². The number of amides is 3. The van der Waals surface area contributed by atoms with Crippen LogP contribution >= 0.6 is 0 Å². The maximum atomic E-state index is 14.7. The summed E-state index contributed by atoms with van der Waals surface area (Å²) in [5, 5.41) is 14.0. The fraction of sp³-hybridized carbons (Fsp3) is 0.250. The summed E-state index contributed by atoms with van der Waals surface area (Å²) < 4.78 is 14.7. The number of rotatable bonds is 6. The van der Waals surface area contributed by atoms with Crippen molar-refractivity contribution in [3.05, 3.63) is 71.2 Å². The molecular weight excluding hydrogens is 452 g/mol. The Kier molecular flexibility index (Phi) is 9.14. The third-order valence-corrected chi connectivity index (χ3v) is 5.32. The Morgan fingerprint density at radius 2 is 1.82 bits per heavy atom. The zero-order valence-corrected chi connectivity index (χ0v) is 21.4. The number of nitrogens with zero attached hydrogens (tertiary/aromatic N) is 1. The van der Waals surface area contributed by atoms with Gasteiger partial charge in [0.1, 0.15) is 5.82 Å². The molecule has 0 aromatic heterocycles. The molecule has 0 fully saturated rings. The van der Waals surface area contributed by atoms with Crippen LogP contribution in [0.15, 0.2) is 54.2 Å². The third kappa shape index (κ3) is 6.31. The first-order chi connectivity index (χ1) is 15.6. The Labute approximate surface area is 220 Å². The van der Waals surface area contributed by atoms with E-state index in [1.807, 2.05) is 31.2 Å². The molecule has 174 valence electrons. The predicted molar refractivity (Wildman–Crippen MR) is 120 cm³/mol. The Morgan fingerprint density at radius 1 is 1.15 bits per heavy atom. The standard InChI is InChI=1S/C24H24FN3O5.Na.H/c1-13-5-4-6-15(9-13)16-7-8-18(25)17(10-16)19(11-20(29)30)26-24(33)27-21-22(31)14(2)12-28(3)23(21)32;;/h4-10,12,19,21H,11H2,1-3H3,(H,29,30)(H2,26,27,33);;/q;+1;-1. The summed E-state index contributed by atoms with van der Waals surface area (Å²) in [7, 11) is 1.45. The normalized spacial score (nSPS) is 16.3. The first kappa shape index (κ1) is 27.2. The second-order valence-corrected chi connectivity index (χ2v) is 7.93. The fourth-order valence-electron chi connectivity index (χ4n) is 3.65. The molecule has 0 saturated carbocycles. The first-order valence-corrected chi connectivity index (χ1v) is 10.2. The van der Waals surface area contributed by atoms with Gasteiger partial charge in [-0.1, -0.05) is 35.9 Å². The molecule has 1 aliphatic heterocycles. The van der Waals surface area contributed by atoms with E-state index in [1.54, 1.807) is 6.07 Å². The maximum Gasteiger partial charge on any atom is 1.00 e. The number of carbonyl (C=O) groups is 4. The van der Waals surface area contributed by atoms with E-state index in [-0.39, 0.29) is 42.1 Å². The van der Waals surface area contributed by atoms with Crippen molar-refractivity contribution in [1.29, 1.82) is 0 Å². The molecule has 1 aliphatic rings. The van der Waals surface area contributed by atoms with Crippen LogP contribution < -0.4 is 40.2 Å². The molecule has 10 heteroatoms. The molecule has 0 spiro atoms. The van der Waals surface area contributed by atoms with E-state index in [0.29, 0.717) is 5.56 Å². The van der Waals surface area contributed by atoms with Crippen LogP contribution in [0.5, 0.6) is 0 Å². The second-order valence-electron chi connectivity index (χ2n) is 7.93. The summed E-state index contributed by atoms with van der Waals surface area (Å²) in [5.74, 6) is -3.16. The smallest absolute Gasteiger partial charge is 1.00 e. The minimum Gasteiger partial charge on any atom is -1.00 e. The van der Waals surface area contributed by atoms with E-state index in [2.05, 4.69) is 10.6 Å². The van der Waals surface area contributed by atoms with E-state index in [4.69, 9.17) is 0 Å². The van der Waals surface area contributed by atoms with Crippen LogP contribution in [0.2, 0.25) is 0 Å². The number of carboxylic acid groups (broad SMARTS) is 1. The van der Waals surface area contributed by atoms with Crippen molar-refractivity contribution < 1.29 is 59.7 Å². The van der Waals surface area contributed by atoms with Gasteiger partial charge < -0.3 is 22.1 Å². The molecule has 3 N–H and O–H groups in total. The summed E-state index contributed by atoms with van der Waals surface area (Å²) in [6.07, 6.45) is 0.757. The summed E-state index contributed by atoms with van der Waals surface area (Å²) >= 11 is 0. The van der Waals surface area contributed by atoms with Crippen LogP contribution in [-0.2, 0) is 14.4 Å². The third-order valence-electron chi connectivity index (χ3n) is 5.32. The molecule has 3 amide bonds. The van der Waals surface area contributed by atoms with Crippen molar-refractivity contribution in [2.45, 2.75) is 32.4 Å². The average Bonchev–Trinajstić information content (AvgIpc) is 2.75. The Bertz CT molecular complexity index is 1170. The number of ketones is 1. The maximum absolute atomic E-state index is 14.7. The number of carboxylic acids is 1. The van der Waals surface area contributed by atoms with Gasteiger partial charge in [0.15, 0.2) is 11.8 Å². The van der Waals surface area contributed by atoms with Crippen LogP contribution in [0.3, 0.4) is 0 Å². The number of benzene rings is 2. The van der Waals surface area contributed by atoms with Gasteiger partial charge in [-0.05, 0) is 37.1 Å². The SMILES string of the molecule is CC1=CN(C)C(=O)C(NC(=O)NC(CC(=O)O)c2cc(-c3cccc(C)c3)ccc2F)C1=O.[H-].[Na+]. The largest absolute Gasteiger partial charge is 1.00 e. The number of aryl methyl sites for hydroxylation is 1. The number of halogens is 1. The molecule has 34 heavy (non-hydrogen) atoms. The van der Waals surface area contributed by atoms with Crippen LogP contribution in [0.1, 0.15) is 31.9 Å². The van der Waals surface area contributed by atoms with Gasteiger partial charge in [0.2, 0.25) is 0 Å². The molecule has 2 aromatic carbocycles. The van der Waals surface area contributed by atoms with Gasteiger partial charge >= 0.3 is 41.6 Å².